The smallest absolute Gasteiger partial charge is 0.335 e. The molecule has 5 aromatic rings. The van der Waals surface area contributed by atoms with E-state index in [-0.39, 0.29) is 66.7 Å². The molecule has 2 atom stereocenters. The fraction of sp³-hybridized carbons (Fsp3) is 0.489. The summed E-state index contributed by atoms with van der Waals surface area (Å²) in [5, 5.41) is 18.9. The summed E-state index contributed by atoms with van der Waals surface area (Å²) in [6, 6.07) is 9.95. The van der Waals surface area contributed by atoms with Crippen LogP contribution in [0.5, 0.6) is 17.6 Å². The molecule has 324 valence electrons. The van der Waals surface area contributed by atoms with Crippen LogP contribution in [0.2, 0.25) is 0 Å². The van der Waals surface area contributed by atoms with Crippen LogP contribution in [0.15, 0.2) is 36.4 Å². The van der Waals surface area contributed by atoms with Gasteiger partial charge in [0.2, 0.25) is 5.88 Å². The van der Waals surface area contributed by atoms with Gasteiger partial charge >= 0.3 is 18.0 Å². The molecule has 0 radical (unpaired) electrons. The zero-order chi connectivity index (χ0) is 42.9. The van der Waals surface area contributed by atoms with Gasteiger partial charge in [0.15, 0.2) is 5.75 Å². The number of nitrogens with one attached hydrogen (secondary N) is 1. The number of nitrogens with zero attached hydrogens (tertiary/aromatic N) is 6. The number of carboxylic acids is 1. The number of aromatic nitrogens is 4. The summed E-state index contributed by atoms with van der Waals surface area (Å²) in [6.07, 6.45) is 3.65. The average molecular weight is 840 g/mol. The van der Waals surface area contributed by atoms with Gasteiger partial charge in [-0.3, -0.25) is 4.68 Å². The molecule has 2 N–H and O–H groups in total. The van der Waals surface area contributed by atoms with Crippen LogP contribution in [0.25, 0.3) is 32.9 Å². The van der Waals surface area contributed by atoms with Crippen molar-refractivity contribution in [1.82, 2.24) is 34.9 Å². The van der Waals surface area contributed by atoms with Crippen LogP contribution >= 0.6 is 0 Å². The summed E-state index contributed by atoms with van der Waals surface area (Å²) < 4.78 is 49.7. The predicted octanol–water partition coefficient (Wildman–Crippen LogP) is 6.78. The normalized spacial score (nSPS) is 17.4. The van der Waals surface area contributed by atoms with Gasteiger partial charge in [-0.05, 0) is 101 Å². The van der Waals surface area contributed by atoms with Crippen molar-refractivity contribution < 1.29 is 42.8 Å². The molecule has 16 heteroatoms. The third-order valence-corrected chi connectivity index (χ3v) is 11.7. The number of hydrogen-bond acceptors (Lipinski definition) is 11. The van der Waals surface area contributed by atoms with Crippen LogP contribution in [0.1, 0.15) is 83.8 Å². The molecule has 61 heavy (non-hydrogen) atoms. The van der Waals surface area contributed by atoms with Gasteiger partial charge in [0, 0.05) is 56.4 Å². The first kappa shape index (κ1) is 42.1. The quantitative estimate of drug-likeness (QED) is 0.107. The van der Waals surface area contributed by atoms with Crippen molar-refractivity contribution in [1.29, 1.82) is 0 Å². The van der Waals surface area contributed by atoms with Gasteiger partial charge in [-0.25, -0.2) is 14.0 Å². The summed E-state index contributed by atoms with van der Waals surface area (Å²) in [7, 11) is 7.32. The number of urea groups is 1. The fourth-order valence-corrected chi connectivity index (χ4v) is 7.98. The van der Waals surface area contributed by atoms with E-state index >= 15 is 4.39 Å². The number of amides is 2. The van der Waals surface area contributed by atoms with E-state index in [4.69, 9.17) is 38.8 Å². The van der Waals surface area contributed by atoms with E-state index in [0.29, 0.717) is 70.7 Å². The van der Waals surface area contributed by atoms with Gasteiger partial charge in [-0.2, -0.15) is 15.1 Å². The Morgan fingerprint density at radius 1 is 1.07 bits per heavy atom. The van der Waals surface area contributed by atoms with Crippen molar-refractivity contribution in [3.8, 4) is 28.8 Å². The lowest BCUT2D eigenvalue weighted by Gasteiger charge is -2.38. The van der Waals surface area contributed by atoms with Crippen molar-refractivity contribution in [2.75, 3.05) is 60.6 Å². The van der Waals surface area contributed by atoms with Gasteiger partial charge in [-0.1, -0.05) is 12.1 Å². The molecule has 2 saturated heterocycles. The zero-order valence-corrected chi connectivity index (χ0v) is 35.6. The number of halogens is 1. The Morgan fingerprint density at radius 3 is 2.51 bits per heavy atom. The molecule has 2 aliphatic heterocycles. The summed E-state index contributed by atoms with van der Waals surface area (Å²) >= 11 is 0. The number of aryl methyl sites for hydroxylation is 1. The number of carbonyl (C=O) groups excluding carboxylic acids is 1. The molecule has 3 aliphatic rings. The first-order chi connectivity index (χ1) is 29.4. The number of likely N-dealkylation sites (N-methyl/N-ethyl adjacent to an activating group) is 1. The SMILES string of the molecule is CO[C@@H](C)COc1nc(OC2CN(C(=O)NCCN(C)C)C2)c2cc(C3CC3)c(-c3c(C)c(F)cc4c3c(C3CCCCO3)nn4C)c(OCc3ccc(C(=O)O)cc3)c2n1. The highest BCUT2D eigenvalue weighted by atomic mass is 19.1. The molecule has 0 spiro atoms. The number of hydrogen-bond donors (Lipinski definition) is 2. The predicted molar refractivity (Wildman–Crippen MR) is 226 cm³/mol. The number of carbonyl (C=O) groups is 2. The second-order valence-corrected chi connectivity index (χ2v) is 16.6. The molecule has 2 amide bonds. The van der Waals surface area contributed by atoms with Crippen molar-refractivity contribution in [3.05, 3.63) is 70.2 Å². The lowest BCUT2D eigenvalue weighted by molar-refractivity contribution is 0.0128. The van der Waals surface area contributed by atoms with E-state index in [0.717, 1.165) is 55.3 Å². The Hall–Kier alpha value is -5.58. The Labute approximate surface area is 354 Å². The summed E-state index contributed by atoms with van der Waals surface area (Å²) in [4.78, 5) is 38.1. The third-order valence-electron chi connectivity index (χ3n) is 11.7. The molecular formula is C45H54FN7O8. The van der Waals surface area contributed by atoms with E-state index in [1.165, 1.54) is 18.2 Å². The van der Waals surface area contributed by atoms with E-state index in [2.05, 4.69) is 5.32 Å². The molecule has 1 unspecified atom stereocenters. The van der Waals surface area contributed by atoms with Gasteiger partial charge in [0.25, 0.3) is 0 Å². The van der Waals surface area contributed by atoms with Gasteiger partial charge < -0.3 is 43.9 Å². The van der Waals surface area contributed by atoms with E-state index < -0.39 is 5.97 Å². The Morgan fingerprint density at radius 2 is 1.84 bits per heavy atom. The summed E-state index contributed by atoms with van der Waals surface area (Å²) in [5.74, 6) is -0.647. The minimum absolute atomic E-state index is 0.0311. The van der Waals surface area contributed by atoms with Gasteiger partial charge in [0.1, 0.15) is 36.8 Å². The second kappa shape index (κ2) is 17.8. The number of ether oxygens (including phenoxy) is 5. The molecular weight excluding hydrogens is 786 g/mol. The highest BCUT2D eigenvalue weighted by Crippen LogP contribution is 2.54. The van der Waals surface area contributed by atoms with Crippen LogP contribution in [0.4, 0.5) is 9.18 Å². The van der Waals surface area contributed by atoms with Gasteiger partial charge in [-0.15, -0.1) is 0 Å². The topological polar surface area (TPSA) is 163 Å². The molecule has 15 nitrogen and oxygen atoms in total. The van der Waals surface area contributed by atoms with Crippen molar-refractivity contribution in [3.63, 3.8) is 0 Å². The van der Waals surface area contributed by atoms with Crippen LogP contribution in [-0.4, -0.2) is 119 Å². The molecule has 3 aromatic carbocycles. The number of methoxy groups -OCH3 is 1. The minimum Gasteiger partial charge on any atom is -0.486 e. The average Bonchev–Trinajstić information content (AvgIpc) is 4.03. The lowest BCUT2D eigenvalue weighted by atomic mass is 9.87. The van der Waals surface area contributed by atoms with Crippen molar-refractivity contribution in [2.24, 2.45) is 7.05 Å². The second-order valence-electron chi connectivity index (χ2n) is 16.6. The number of benzene rings is 3. The maximum Gasteiger partial charge on any atom is 0.335 e. The fourth-order valence-electron chi connectivity index (χ4n) is 7.98. The molecule has 3 fully saturated rings. The zero-order valence-electron chi connectivity index (χ0n) is 35.6. The number of rotatable bonds is 16. The minimum atomic E-state index is -1.03. The number of aromatic carboxylic acids is 1. The maximum absolute atomic E-state index is 16.4. The Bertz CT molecular complexity index is 2420. The van der Waals surface area contributed by atoms with Crippen molar-refractivity contribution in [2.45, 2.75) is 76.8 Å². The van der Waals surface area contributed by atoms with Crippen LogP contribution in [0.3, 0.4) is 0 Å². The van der Waals surface area contributed by atoms with Crippen LogP contribution in [0, 0.1) is 12.7 Å². The number of carboxylic acid groups (broad SMARTS) is 1. The third kappa shape index (κ3) is 8.93. The van der Waals surface area contributed by atoms with Crippen LogP contribution < -0.4 is 19.5 Å². The maximum atomic E-state index is 16.4. The summed E-state index contributed by atoms with van der Waals surface area (Å²) in [6.45, 7) is 6.40. The number of fused-ring (bicyclic) bond motifs is 2. The Balaban J connectivity index is 1.31. The van der Waals surface area contributed by atoms with Gasteiger partial charge in [0.05, 0.1) is 41.4 Å². The first-order valence-corrected chi connectivity index (χ1v) is 21.0. The number of likely N-dealkylation sites (tertiary alicyclic amines) is 1. The van der Waals surface area contributed by atoms with Crippen molar-refractivity contribution >= 4 is 33.8 Å². The molecule has 2 aromatic heterocycles. The molecule has 4 heterocycles. The van der Waals surface area contributed by atoms with E-state index in [1.54, 1.807) is 35.7 Å². The monoisotopic (exact) mass is 839 g/mol. The van der Waals surface area contributed by atoms with Crippen LogP contribution in [-0.2, 0) is 23.1 Å². The highest BCUT2D eigenvalue weighted by Gasteiger charge is 2.37. The molecule has 8 rings (SSSR count). The highest BCUT2D eigenvalue weighted by molar-refractivity contribution is 6.06. The molecule has 0 bridgehead atoms. The van der Waals surface area contributed by atoms with E-state index in [9.17, 15) is 14.7 Å². The molecule has 1 aliphatic carbocycles. The largest absolute Gasteiger partial charge is 0.486 e. The summed E-state index contributed by atoms with van der Waals surface area (Å²) in [5.41, 5.74) is 5.34. The lowest BCUT2D eigenvalue weighted by Crippen LogP contribution is -2.59. The standard InChI is InChI=1S/C45H54FN7O8/c1-25(57-6)23-60-44-48-39-32(42(49-44)61-30-21-53(22-30)45(56)47-16-17-51(3)4)19-31(28-14-15-28)37(41(39)59-24-27-10-12-29(13-11-27)43(54)55)36-26(2)33(46)20-34-38(36)40(50-52(34)5)35-9-7-8-18-58-35/h10-13,19-20,25,28,30,35H,7-9,14-18,21-24H2,1-6H3,(H,47,56)(H,54,55)/t25-,35?/m0/s1. The molecule has 1 saturated carbocycles. The van der Waals surface area contributed by atoms with E-state index in [1.807, 2.05) is 39.0 Å². The first-order valence-electron chi connectivity index (χ1n) is 21.0. The Kier molecular flexibility index (Phi) is 12.3.